The fourth-order valence-corrected chi connectivity index (χ4v) is 3.64. The summed E-state index contributed by atoms with van der Waals surface area (Å²) in [5.41, 5.74) is 0.953. The number of carbonyl (C=O) groups is 1. The minimum absolute atomic E-state index is 0.0732. The normalized spacial score (nSPS) is 20.0. The van der Waals surface area contributed by atoms with Crippen molar-refractivity contribution in [3.8, 4) is 0 Å². The second kappa shape index (κ2) is 4.78. The van der Waals surface area contributed by atoms with Gasteiger partial charge in [-0.2, -0.15) is 0 Å². The van der Waals surface area contributed by atoms with Gasteiger partial charge < -0.3 is 5.32 Å². The molecule has 1 fully saturated rings. The van der Waals surface area contributed by atoms with Crippen LogP contribution in [0.5, 0.6) is 0 Å². The molecule has 0 saturated carbocycles. The van der Waals surface area contributed by atoms with Crippen LogP contribution >= 0.6 is 11.6 Å². The van der Waals surface area contributed by atoms with Crippen molar-refractivity contribution in [1.29, 1.82) is 0 Å². The number of amides is 2. The molecule has 1 aliphatic rings. The van der Waals surface area contributed by atoms with Crippen LogP contribution in [-0.4, -0.2) is 37.2 Å². The van der Waals surface area contributed by atoms with Crippen molar-refractivity contribution in [3.05, 3.63) is 29.8 Å². The molecule has 0 aromatic heterocycles. The van der Waals surface area contributed by atoms with Gasteiger partial charge in [0.1, 0.15) is 0 Å². The van der Waals surface area contributed by atoms with Crippen LogP contribution in [0.4, 0.5) is 4.79 Å². The van der Waals surface area contributed by atoms with E-state index in [2.05, 4.69) is 5.32 Å². The van der Waals surface area contributed by atoms with Gasteiger partial charge in [0.05, 0.1) is 10.9 Å². The Morgan fingerprint density at radius 2 is 2.00 bits per heavy atom. The third kappa shape index (κ3) is 2.18. The Balaban J connectivity index is 2.41. The van der Waals surface area contributed by atoms with E-state index in [9.17, 15) is 13.2 Å². The lowest BCUT2D eigenvalue weighted by atomic mass is 10.2. The fourth-order valence-electron chi connectivity index (χ4n) is 1.78. The van der Waals surface area contributed by atoms with E-state index in [4.69, 9.17) is 11.6 Å². The van der Waals surface area contributed by atoms with E-state index in [1.165, 1.54) is 12.1 Å². The first-order chi connectivity index (χ1) is 8.46. The van der Waals surface area contributed by atoms with Gasteiger partial charge in [0.2, 0.25) is 0 Å². The molecule has 1 saturated heterocycles. The number of nitrogens with zero attached hydrogens (tertiary/aromatic N) is 1. The highest BCUT2D eigenvalue weighted by Crippen LogP contribution is 2.22. The van der Waals surface area contributed by atoms with Gasteiger partial charge in [0.25, 0.3) is 10.0 Å². The molecule has 1 heterocycles. The topological polar surface area (TPSA) is 66.5 Å². The molecule has 2 amide bonds. The Hall–Kier alpha value is -1.27. The lowest BCUT2D eigenvalue weighted by Crippen LogP contribution is -2.40. The summed E-state index contributed by atoms with van der Waals surface area (Å²) in [6, 6.07) is 5.20. The molecule has 1 aromatic rings. The van der Waals surface area contributed by atoms with E-state index >= 15 is 0 Å². The quantitative estimate of drug-likeness (QED) is 0.853. The van der Waals surface area contributed by atoms with Crippen molar-refractivity contribution in [1.82, 2.24) is 9.62 Å². The Bertz CT molecular complexity index is 556. The molecule has 0 bridgehead atoms. The summed E-state index contributed by atoms with van der Waals surface area (Å²) in [5.74, 6) is 0.0732. The number of nitrogens with one attached hydrogen (secondary N) is 1. The summed E-state index contributed by atoms with van der Waals surface area (Å²) in [4.78, 5) is 11.7. The van der Waals surface area contributed by atoms with E-state index in [0.29, 0.717) is 0 Å². The molecule has 1 N–H and O–H groups in total. The monoisotopic (exact) mass is 288 g/mol. The van der Waals surface area contributed by atoms with Gasteiger partial charge >= 0.3 is 6.03 Å². The molecule has 98 valence electrons. The van der Waals surface area contributed by atoms with E-state index < -0.39 is 22.1 Å². The molecular formula is C11H13ClN2O3S. The van der Waals surface area contributed by atoms with Crippen molar-refractivity contribution in [2.45, 2.75) is 17.9 Å². The summed E-state index contributed by atoms with van der Waals surface area (Å²) in [7, 11) is -3.83. The summed E-state index contributed by atoms with van der Waals surface area (Å²) in [6.07, 6.45) is 0. The van der Waals surface area contributed by atoms with Crippen molar-refractivity contribution in [2.75, 3.05) is 12.4 Å². The molecule has 2 rings (SSSR count). The zero-order valence-corrected chi connectivity index (χ0v) is 11.3. The Morgan fingerprint density at radius 1 is 1.39 bits per heavy atom. The Kier molecular flexibility index (Phi) is 3.49. The van der Waals surface area contributed by atoms with Gasteiger partial charge in [-0.3, -0.25) is 0 Å². The maximum absolute atomic E-state index is 12.3. The lowest BCUT2D eigenvalue weighted by Gasteiger charge is -2.20. The fraction of sp³-hybridized carbons (Fsp3) is 0.364. The smallest absolute Gasteiger partial charge is 0.331 e. The first kappa shape index (κ1) is 13.2. The van der Waals surface area contributed by atoms with Crippen LogP contribution in [0.1, 0.15) is 5.56 Å². The van der Waals surface area contributed by atoms with Crippen molar-refractivity contribution in [2.24, 2.45) is 0 Å². The number of halogens is 1. The van der Waals surface area contributed by atoms with Crippen LogP contribution in [0.15, 0.2) is 29.2 Å². The molecule has 7 heteroatoms. The lowest BCUT2D eigenvalue weighted by molar-refractivity contribution is 0.232. The predicted octanol–water partition coefficient (Wildman–Crippen LogP) is 1.32. The van der Waals surface area contributed by atoms with Gasteiger partial charge in [0.15, 0.2) is 0 Å². The van der Waals surface area contributed by atoms with Crippen LogP contribution in [-0.2, 0) is 10.0 Å². The van der Waals surface area contributed by atoms with Crippen LogP contribution in [0.25, 0.3) is 0 Å². The maximum atomic E-state index is 12.3. The highest BCUT2D eigenvalue weighted by Gasteiger charge is 2.40. The first-order valence-corrected chi connectivity index (χ1v) is 7.39. The standard InChI is InChI=1S/C11H13ClN2O3S/c1-8-2-4-10(5-3-8)18(16,17)14-9(6-12)7-13-11(14)15/h2-5,9H,6-7H2,1H3,(H,13,15)/t9-/m0/s1. The molecule has 18 heavy (non-hydrogen) atoms. The summed E-state index contributed by atoms with van der Waals surface area (Å²) in [5, 5.41) is 2.48. The van der Waals surface area contributed by atoms with Crippen LogP contribution < -0.4 is 5.32 Å². The molecular weight excluding hydrogens is 276 g/mol. The van der Waals surface area contributed by atoms with E-state index in [1.54, 1.807) is 12.1 Å². The van der Waals surface area contributed by atoms with Crippen molar-refractivity contribution < 1.29 is 13.2 Å². The highest BCUT2D eigenvalue weighted by atomic mass is 35.5. The summed E-state index contributed by atoms with van der Waals surface area (Å²) >= 11 is 5.69. The maximum Gasteiger partial charge on any atom is 0.331 e. The van der Waals surface area contributed by atoms with Gasteiger partial charge in [-0.25, -0.2) is 17.5 Å². The second-order valence-corrected chi connectivity index (χ2v) is 6.23. The predicted molar refractivity (Wildman–Crippen MR) is 68.1 cm³/mol. The van der Waals surface area contributed by atoms with Crippen molar-refractivity contribution in [3.63, 3.8) is 0 Å². The van der Waals surface area contributed by atoms with Crippen molar-refractivity contribution >= 4 is 27.7 Å². The number of urea groups is 1. The number of aryl methyl sites for hydroxylation is 1. The number of sulfonamides is 1. The van der Waals surface area contributed by atoms with Crippen LogP contribution in [0, 0.1) is 6.92 Å². The Morgan fingerprint density at radius 3 is 2.56 bits per heavy atom. The number of carbonyl (C=O) groups excluding carboxylic acids is 1. The molecule has 0 radical (unpaired) electrons. The second-order valence-electron chi connectivity index (χ2n) is 4.11. The molecule has 0 spiro atoms. The number of alkyl halides is 1. The van der Waals surface area contributed by atoms with Gasteiger partial charge in [-0.15, -0.1) is 11.6 Å². The zero-order valence-electron chi connectivity index (χ0n) is 9.76. The van der Waals surface area contributed by atoms with E-state index in [1.807, 2.05) is 6.92 Å². The van der Waals surface area contributed by atoms with E-state index in [0.717, 1.165) is 9.87 Å². The van der Waals surface area contributed by atoms with Gasteiger partial charge in [-0.05, 0) is 19.1 Å². The molecule has 1 aliphatic heterocycles. The number of rotatable bonds is 3. The van der Waals surface area contributed by atoms with Gasteiger partial charge in [-0.1, -0.05) is 17.7 Å². The first-order valence-electron chi connectivity index (χ1n) is 5.41. The third-order valence-electron chi connectivity index (χ3n) is 2.78. The number of hydrogen-bond donors (Lipinski definition) is 1. The summed E-state index contributed by atoms with van der Waals surface area (Å²) < 4.78 is 25.5. The number of hydrogen-bond acceptors (Lipinski definition) is 3. The largest absolute Gasteiger partial charge is 0.335 e. The molecule has 1 aromatic carbocycles. The minimum atomic E-state index is -3.83. The SMILES string of the molecule is Cc1ccc(S(=O)(=O)N2C(=O)NC[C@@H]2CCl)cc1. The average molecular weight is 289 g/mol. The Labute approximate surface area is 111 Å². The minimum Gasteiger partial charge on any atom is -0.335 e. The average Bonchev–Trinajstić information content (AvgIpc) is 2.71. The van der Waals surface area contributed by atoms with E-state index in [-0.39, 0.29) is 17.3 Å². The number of benzene rings is 1. The molecule has 5 nitrogen and oxygen atoms in total. The third-order valence-corrected chi connectivity index (χ3v) is 4.98. The molecule has 0 unspecified atom stereocenters. The highest BCUT2D eigenvalue weighted by molar-refractivity contribution is 7.89. The van der Waals surface area contributed by atoms with Gasteiger partial charge in [0, 0.05) is 12.4 Å². The van der Waals surface area contributed by atoms with Crippen LogP contribution in [0.2, 0.25) is 0 Å². The van der Waals surface area contributed by atoms with Crippen LogP contribution in [0.3, 0.4) is 0 Å². The summed E-state index contributed by atoms with van der Waals surface area (Å²) in [6.45, 7) is 2.11. The zero-order chi connectivity index (χ0) is 13.3. The molecule has 1 atom stereocenters. The molecule has 0 aliphatic carbocycles.